The number of benzene rings is 1. The van der Waals surface area contributed by atoms with Crippen molar-refractivity contribution in [2.75, 3.05) is 0 Å². The van der Waals surface area contributed by atoms with Crippen molar-refractivity contribution in [3.05, 3.63) is 47.3 Å². The molecule has 0 aromatic heterocycles. The van der Waals surface area contributed by atoms with E-state index >= 15 is 0 Å². The molecule has 25 heavy (non-hydrogen) atoms. The van der Waals surface area contributed by atoms with E-state index in [4.69, 9.17) is 0 Å². The number of allylic oxidation sites excluding steroid dienone is 2. The molecule has 136 valence electrons. The minimum absolute atomic E-state index is 0.185. The molecular weight excluding hydrogens is 307 g/mol. The van der Waals surface area contributed by atoms with Crippen LogP contribution in [0.4, 0.5) is 4.39 Å². The summed E-state index contributed by atoms with van der Waals surface area (Å²) in [6.07, 6.45) is 16.6. The normalized spacial score (nSPS) is 20.4. The van der Waals surface area contributed by atoms with Gasteiger partial charge in [0.25, 0.3) is 0 Å². The van der Waals surface area contributed by atoms with Crippen LogP contribution in [0, 0.1) is 29.5 Å². The van der Waals surface area contributed by atoms with E-state index in [-0.39, 0.29) is 5.82 Å². The number of aryl methyl sites for hydroxylation is 1. The zero-order valence-corrected chi connectivity index (χ0v) is 16.0. The molecule has 0 unspecified atom stereocenters. The van der Waals surface area contributed by atoms with Gasteiger partial charge in [-0.15, -0.1) is 0 Å². The van der Waals surface area contributed by atoms with Crippen LogP contribution in [0.3, 0.4) is 0 Å². The van der Waals surface area contributed by atoms with Crippen molar-refractivity contribution in [2.45, 2.75) is 78.1 Å². The van der Waals surface area contributed by atoms with Crippen molar-refractivity contribution in [3.63, 3.8) is 0 Å². The monoisotopic (exact) mass is 340 g/mol. The largest absolute Gasteiger partial charge is 0.206 e. The maximum absolute atomic E-state index is 14.1. The second kappa shape index (κ2) is 11.1. The Kier molecular flexibility index (Phi) is 8.81. The molecule has 0 spiro atoms. The Bertz CT molecular complexity index is 594. The van der Waals surface area contributed by atoms with Gasteiger partial charge in [-0.05, 0) is 74.1 Å². The molecule has 0 N–H and O–H groups in total. The molecule has 0 heterocycles. The predicted molar refractivity (Wildman–Crippen MR) is 106 cm³/mol. The molecule has 0 atom stereocenters. The summed E-state index contributed by atoms with van der Waals surface area (Å²) in [4.78, 5) is 0. The van der Waals surface area contributed by atoms with Crippen LogP contribution in [0.2, 0.25) is 0 Å². The van der Waals surface area contributed by atoms with Gasteiger partial charge in [0.15, 0.2) is 0 Å². The van der Waals surface area contributed by atoms with Crippen molar-refractivity contribution < 1.29 is 4.39 Å². The van der Waals surface area contributed by atoms with E-state index in [1.165, 1.54) is 51.4 Å². The first-order valence-electron chi connectivity index (χ1n) is 10.2. The highest BCUT2D eigenvalue weighted by molar-refractivity contribution is 5.39. The van der Waals surface area contributed by atoms with Crippen LogP contribution in [0.25, 0.3) is 0 Å². The van der Waals surface area contributed by atoms with E-state index in [0.717, 1.165) is 24.3 Å². The smallest absolute Gasteiger partial charge is 0.139 e. The first kappa shape index (κ1) is 19.8. The van der Waals surface area contributed by atoms with Gasteiger partial charge in [-0.2, -0.15) is 0 Å². The van der Waals surface area contributed by atoms with Gasteiger partial charge in [0.2, 0.25) is 0 Å². The number of halogens is 1. The number of hydrogen-bond donors (Lipinski definition) is 0. The molecule has 1 fully saturated rings. The van der Waals surface area contributed by atoms with Gasteiger partial charge in [-0.3, -0.25) is 0 Å². The Hall–Kier alpha value is -1.55. The third-order valence-corrected chi connectivity index (χ3v) is 5.35. The van der Waals surface area contributed by atoms with Gasteiger partial charge in [0.1, 0.15) is 5.82 Å². The Balaban J connectivity index is 1.82. The van der Waals surface area contributed by atoms with Crippen molar-refractivity contribution in [3.8, 4) is 11.8 Å². The first-order valence-corrected chi connectivity index (χ1v) is 10.2. The minimum atomic E-state index is -0.185. The predicted octanol–water partition coefficient (Wildman–Crippen LogP) is 7.07. The highest BCUT2D eigenvalue weighted by Gasteiger charge is 2.18. The SMILES string of the molecule is CCCCCc1ccc(C#C/C=C/[C@H]2CC[C@H](CCC)CC2)c(F)c1. The van der Waals surface area contributed by atoms with Crippen LogP contribution in [0.5, 0.6) is 0 Å². The summed E-state index contributed by atoms with van der Waals surface area (Å²) in [5.41, 5.74) is 1.59. The van der Waals surface area contributed by atoms with Gasteiger partial charge in [-0.25, -0.2) is 4.39 Å². The van der Waals surface area contributed by atoms with Crippen LogP contribution in [0.15, 0.2) is 30.4 Å². The Labute approximate surface area is 153 Å². The number of rotatable bonds is 7. The zero-order valence-electron chi connectivity index (χ0n) is 16.0. The topological polar surface area (TPSA) is 0 Å². The fourth-order valence-corrected chi connectivity index (χ4v) is 3.78. The van der Waals surface area contributed by atoms with E-state index in [2.05, 4.69) is 31.8 Å². The fraction of sp³-hybridized carbons (Fsp3) is 0.583. The summed E-state index contributed by atoms with van der Waals surface area (Å²) in [5.74, 6) is 7.40. The van der Waals surface area contributed by atoms with Crippen molar-refractivity contribution in [2.24, 2.45) is 11.8 Å². The maximum atomic E-state index is 14.1. The number of unbranched alkanes of at least 4 members (excludes halogenated alkanes) is 2. The molecule has 1 heteroatoms. The molecule has 0 radical (unpaired) electrons. The third kappa shape index (κ3) is 7.07. The summed E-state index contributed by atoms with van der Waals surface area (Å²) >= 11 is 0. The first-order chi connectivity index (χ1) is 12.2. The quantitative estimate of drug-likeness (QED) is 0.368. The molecule has 0 amide bonds. The molecular formula is C24H33F. The van der Waals surface area contributed by atoms with Gasteiger partial charge >= 0.3 is 0 Å². The lowest BCUT2D eigenvalue weighted by atomic mass is 9.80. The van der Waals surface area contributed by atoms with Crippen LogP contribution in [-0.2, 0) is 6.42 Å². The van der Waals surface area contributed by atoms with Crippen LogP contribution >= 0.6 is 0 Å². The summed E-state index contributed by atoms with van der Waals surface area (Å²) in [6.45, 7) is 4.46. The lowest BCUT2D eigenvalue weighted by Gasteiger charge is -2.26. The minimum Gasteiger partial charge on any atom is -0.206 e. The molecule has 1 aromatic carbocycles. The third-order valence-electron chi connectivity index (χ3n) is 5.35. The molecule has 1 aliphatic carbocycles. The molecule has 1 saturated carbocycles. The summed E-state index contributed by atoms with van der Waals surface area (Å²) < 4.78 is 14.1. The summed E-state index contributed by atoms with van der Waals surface area (Å²) in [6, 6.07) is 5.49. The second-order valence-electron chi connectivity index (χ2n) is 7.47. The Morgan fingerprint density at radius 3 is 2.56 bits per heavy atom. The average molecular weight is 341 g/mol. The fourth-order valence-electron chi connectivity index (χ4n) is 3.78. The number of hydrogen-bond acceptors (Lipinski definition) is 0. The molecule has 1 aromatic rings. The van der Waals surface area contributed by atoms with Crippen LogP contribution < -0.4 is 0 Å². The van der Waals surface area contributed by atoms with E-state index in [1.807, 2.05) is 18.2 Å². The van der Waals surface area contributed by atoms with Gasteiger partial charge in [-0.1, -0.05) is 63.5 Å². The van der Waals surface area contributed by atoms with E-state index in [1.54, 1.807) is 6.07 Å². The van der Waals surface area contributed by atoms with Crippen molar-refractivity contribution in [1.82, 2.24) is 0 Å². The lowest BCUT2D eigenvalue weighted by Crippen LogP contribution is -2.12. The van der Waals surface area contributed by atoms with Gasteiger partial charge < -0.3 is 0 Å². The summed E-state index contributed by atoms with van der Waals surface area (Å²) in [5, 5.41) is 0. The Morgan fingerprint density at radius 2 is 1.88 bits per heavy atom. The summed E-state index contributed by atoms with van der Waals surface area (Å²) in [7, 11) is 0. The van der Waals surface area contributed by atoms with E-state index in [0.29, 0.717) is 11.5 Å². The lowest BCUT2D eigenvalue weighted by molar-refractivity contribution is 0.294. The molecule has 0 bridgehead atoms. The maximum Gasteiger partial charge on any atom is 0.139 e. The van der Waals surface area contributed by atoms with Crippen LogP contribution in [-0.4, -0.2) is 0 Å². The Morgan fingerprint density at radius 1 is 1.08 bits per heavy atom. The average Bonchev–Trinajstić information content (AvgIpc) is 2.62. The van der Waals surface area contributed by atoms with E-state index in [9.17, 15) is 4.39 Å². The van der Waals surface area contributed by atoms with Gasteiger partial charge in [0.05, 0.1) is 5.56 Å². The highest BCUT2D eigenvalue weighted by atomic mass is 19.1. The second-order valence-corrected chi connectivity index (χ2v) is 7.47. The van der Waals surface area contributed by atoms with Crippen molar-refractivity contribution >= 4 is 0 Å². The standard InChI is InChI=1S/C24H33F/c1-3-5-6-11-22-17-18-23(24(25)19-22)12-8-7-10-21-15-13-20(9-4-2)14-16-21/h7,10,17-21H,3-6,9,11,13-16H2,1-2H3/b10-7+/t20-,21-. The van der Waals surface area contributed by atoms with E-state index < -0.39 is 0 Å². The molecule has 2 rings (SSSR count). The molecule has 0 saturated heterocycles. The van der Waals surface area contributed by atoms with Crippen molar-refractivity contribution in [1.29, 1.82) is 0 Å². The van der Waals surface area contributed by atoms with Crippen LogP contribution in [0.1, 0.15) is 82.8 Å². The zero-order chi connectivity index (χ0) is 17.9. The molecule has 0 nitrogen and oxygen atoms in total. The molecule has 1 aliphatic rings. The highest BCUT2D eigenvalue weighted by Crippen LogP contribution is 2.32. The van der Waals surface area contributed by atoms with Gasteiger partial charge in [0, 0.05) is 0 Å². The molecule has 0 aliphatic heterocycles.